The number of carbonyl (C=O) groups excluding carboxylic acids is 1. The second-order valence-electron chi connectivity index (χ2n) is 6.06. The number of aliphatic hydroxyl groups excluding tert-OH is 1. The molecular weight excluding hydrogens is 378 g/mol. The van der Waals surface area contributed by atoms with Crippen molar-refractivity contribution < 1.29 is 9.90 Å². The van der Waals surface area contributed by atoms with Gasteiger partial charge in [0.2, 0.25) is 5.91 Å². The average Bonchev–Trinajstić information content (AvgIpc) is 2.70. The van der Waals surface area contributed by atoms with Crippen molar-refractivity contribution >= 4 is 35.0 Å². The van der Waals surface area contributed by atoms with Crippen molar-refractivity contribution in [3.05, 3.63) is 101 Å². The predicted molar refractivity (Wildman–Crippen MR) is 113 cm³/mol. The van der Waals surface area contributed by atoms with Crippen LogP contribution in [0, 0.1) is 0 Å². The molecule has 0 heterocycles. The molecule has 138 valence electrons. The van der Waals surface area contributed by atoms with E-state index in [9.17, 15) is 9.90 Å². The fourth-order valence-electron chi connectivity index (χ4n) is 2.75. The molecule has 0 aromatic heterocycles. The van der Waals surface area contributed by atoms with Gasteiger partial charge in [-0.05, 0) is 41.0 Å². The standard InChI is InChI=1S/C22H20ClNO2S/c23-19-11-9-18(10-12-19)22(17-6-2-1-3-7-17)27-15-21(26)24-20-8-4-5-16(13-20)14-25/h1-13,22,25H,14-15H2,(H,24,26). The molecule has 3 aromatic rings. The normalized spacial score (nSPS) is 11.8. The largest absolute Gasteiger partial charge is 0.392 e. The summed E-state index contributed by atoms with van der Waals surface area (Å²) in [6, 6.07) is 25.1. The van der Waals surface area contributed by atoms with Crippen molar-refractivity contribution in [2.45, 2.75) is 11.9 Å². The Morgan fingerprint density at radius 2 is 1.67 bits per heavy atom. The molecule has 3 rings (SSSR count). The fraction of sp³-hybridized carbons (Fsp3) is 0.136. The number of hydrogen-bond acceptors (Lipinski definition) is 3. The topological polar surface area (TPSA) is 49.3 Å². The fourth-order valence-corrected chi connectivity index (χ4v) is 3.97. The summed E-state index contributed by atoms with van der Waals surface area (Å²) in [5, 5.41) is 12.8. The molecule has 0 fully saturated rings. The van der Waals surface area contributed by atoms with Crippen LogP contribution in [0.4, 0.5) is 5.69 Å². The first kappa shape index (κ1) is 19.5. The van der Waals surface area contributed by atoms with Crippen LogP contribution in [-0.2, 0) is 11.4 Å². The molecule has 1 atom stereocenters. The Balaban J connectivity index is 1.70. The van der Waals surface area contributed by atoms with E-state index in [4.69, 9.17) is 11.6 Å². The molecule has 1 unspecified atom stereocenters. The molecular formula is C22H20ClNO2S. The molecule has 27 heavy (non-hydrogen) atoms. The summed E-state index contributed by atoms with van der Waals surface area (Å²) in [7, 11) is 0. The summed E-state index contributed by atoms with van der Waals surface area (Å²) in [6.07, 6.45) is 0. The van der Waals surface area contributed by atoms with Crippen LogP contribution in [0.5, 0.6) is 0 Å². The van der Waals surface area contributed by atoms with Crippen molar-refractivity contribution in [3.8, 4) is 0 Å². The lowest BCUT2D eigenvalue weighted by Crippen LogP contribution is -2.15. The van der Waals surface area contributed by atoms with Crippen LogP contribution in [0.25, 0.3) is 0 Å². The number of aliphatic hydroxyl groups is 1. The molecule has 3 aromatic carbocycles. The Bertz CT molecular complexity index is 884. The number of anilines is 1. The van der Waals surface area contributed by atoms with Gasteiger partial charge in [-0.3, -0.25) is 4.79 Å². The van der Waals surface area contributed by atoms with Gasteiger partial charge >= 0.3 is 0 Å². The van der Waals surface area contributed by atoms with E-state index in [-0.39, 0.29) is 17.8 Å². The minimum absolute atomic E-state index is 0.0398. The summed E-state index contributed by atoms with van der Waals surface area (Å²) in [4.78, 5) is 12.4. The molecule has 1 amide bonds. The molecule has 0 saturated carbocycles. The Hall–Kier alpha value is -2.27. The van der Waals surface area contributed by atoms with Gasteiger partial charge in [0, 0.05) is 10.7 Å². The number of rotatable bonds is 7. The van der Waals surface area contributed by atoms with Crippen LogP contribution in [0.1, 0.15) is 21.9 Å². The predicted octanol–water partition coefficient (Wildman–Crippen LogP) is 5.29. The zero-order chi connectivity index (χ0) is 19.1. The lowest BCUT2D eigenvalue weighted by molar-refractivity contribution is -0.113. The first-order valence-corrected chi connectivity index (χ1v) is 10.00. The van der Waals surface area contributed by atoms with E-state index in [0.717, 1.165) is 16.7 Å². The number of benzene rings is 3. The maximum Gasteiger partial charge on any atom is 0.234 e. The molecule has 2 N–H and O–H groups in total. The molecule has 0 aliphatic carbocycles. The smallest absolute Gasteiger partial charge is 0.234 e. The molecule has 3 nitrogen and oxygen atoms in total. The Morgan fingerprint density at radius 1 is 0.963 bits per heavy atom. The van der Waals surface area contributed by atoms with E-state index >= 15 is 0 Å². The maximum atomic E-state index is 12.4. The molecule has 0 radical (unpaired) electrons. The quantitative estimate of drug-likeness (QED) is 0.569. The molecule has 0 aliphatic rings. The molecule has 0 aliphatic heterocycles. The second kappa shape index (κ2) is 9.60. The highest BCUT2D eigenvalue weighted by Gasteiger charge is 2.16. The molecule has 0 spiro atoms. The van der Waals surface area contributed by atoms with Crippen LogP contribution in [0.3, 0.4) is 0 Å². The van der Waals surface area contributed by atoms with E-state index in [1.807, 2.05) is 60.7 Å². The van der Waals surface area contributed by atoms with Crippen molar-refractivity contribution in [2.24, 2.45) is 0 Å². The first-order chi connectivity index (χ1) is 13.2. The van der Waals surface area contributed by atoms with Gasteiger partial charge in [-0.15, -0.1) is 11.8 Å². The highest BCUT2D eigenvalue weighted by atomic mass is 35.5. The molecule has 0 bridgehead atoms. The number of halogens is 1. The summed E-state index contributed by atoms with van der Waals surface area (Å²) in [5.41, 5.74) is 3.70. The van der Waals surface area contributed by atoms with Gasteiger partial charge in [-0.2, -0.15) is 0 Å². The Kier molecular flexibility index (Phi) is 6.93. The van der Waals surface area contributed by atoms with E-state index < -0.39 is 0 Å². The Labute approximate surface area is 168 Å². The second-order valence-corrected chi connectivity index (χ2v) is 7.59. The molecule has 5 heteroatoms. The van der Waals surface area contributed by atoms with Crippen LogP contribution in [0.15, 0.2) is 78.9 Å². The maximum absolute atomic E-state index is 12.4. The third-order valence-electron chi connectivity index (χ3n) is 4.05. The van der Waals surface area contributed by atoms with Gasteiger partial charge in [0.25, 0.3) is 0 Å². The van der Waals surface area contributed by atoms with E-state index in [0.29, 0.717) is 16.5 Å². The monoisotopic (exact) mass is 397 g/mol. The van der Waals surface area contributed by atoms with Crippen LogP contribution < -0.4 is 5.32 Å². The van der Waals surface area contributed by atoms with Crippen LogP contribution in [-0.4, -0.2) is 16.8 Å². The minimum Gasteiger partial charge on any atom is -0.392 e. The SMILES string of the molecule is O=C(CSC(c1ccccc1)c1ccc(Cl)cc1)Nc1cccc(CO)c1. The number of hydrogen-bond donors (Lipinski definition) is 2. The Morgan fingerprint density at radius 3 is 2.37 bits per heavy atom. The van der Waals surface area contributed by atoms with E-state index in [1.165, 1.54) is 0 Å². The lowest BCUT2D eigenvalue weighted by atomic mass is 10.0. The van der Waals surface area contributed by atoms with Crippen molar-refractivity contribution in [1.82, 2.24) is 0 Å². The summed E-state index contributed by atoms with van der Waals surface area (Å²) >= 11 is 7.58. The number of nitrogens with one attached hydrogen (secondary N) is 1. The van der Waals surface area contributed by atoms with Gasteiger partial charge < -0.3 is 10.4 Å². The lowest BCUT2D eigenvalue weighted by Gasteiger charge is -2.18. The van der Waals surface area contributed by atoms with Crippen LogP contribution >= 0.6 is 23.4 Å². The zero-order valence-electron chi connectivity index (χ0n) is 14.6. The number of amides is 1. The van der Waals surface area contributed by atoms with E-state index in [2.05, 4.69) is 17.4 Å². The number of carbonyl (C=O) groups is 1. The third kappa shape index (κ3) is 5.60. The van der Waals surface area contributed by atoms with Crippen molar-refractivity contribution in [3.63, 3.8) is 0 Å². The third-order valence-corrected chi connectivity index (χ3v) is 5.61. The van der Waals surface area contributed by atoms with Gasteiger partial charge in [0.1, 0.15) is 0 Å². The zero-order valence-corrected chi connectivity index (χ0v) is 16.2. The van der Waals surface area contributed by atoms with Crippen molar-refractivity contribution in [1.29, 1.82) is 0 Å². The van der Waals surface area contributed by atoms with Gasteiger partial charge in [-0.25, -0.2) is 0 Å². The summed E-state index contributed by atoms with van der Waals surface area (Å²) in [5.74, 6) is 0.232. The highest BCUT2D eigenvalue weighted by molar-refractivity contribution is 8.00. The highest BCUT2D eigenvalue weighted by Crippen LogP contribution is 2.36. The van der Waals surface area contributed by atoms with Crippen molar-refractivity contribution in [2.75, 3.05) is 11.1 Å². The minimum atomic E-state index is -0.0787. The number of thioether (sulfide) groups is 1. The van der Waals surface area contributed by atoms with Crippen LogP contribution in [0.2, 0.25) is 5.02 Å². The molecule has 0 saturated heterocycles. The first-order valence-electron chi connectivity index (χ1n) is 8.57. The summed E-state index contributed by atoms with van der Waals surface area (Å²) < 4.78 is 0. The van der Waals surface area contributed by atoms with E-state index in [1.54, 1.807) is 17.8 Å². The van der Waals surface area contributed by atoms with Gasteiger partial charge in [0.15, 0.2) is 0 Å². The van der Waals surface area contributed by atoms with Gasteiger partial charge in [-0.1, -0.05) is 66.2 Å². The summed E-state index contributed by atoms with van der Waals surface area (Å²) in [6.45, 7) is -0.0505. The van der Waals surface area contributed by atoms with Gasteiger partial charge in [0.05, 0.1) is 17.6 Å². The average molecular weight is 398 g/mol.